The zero-order chi connectivity index (χ0) is 21.3. The maximum atomic E-state index is 12.2. The second-order valence-corrected chi connectivity index (χ2v) is 7.95. The van der Waals surface area contributed by atoms with Crippen LogP contribution in [0.15, 0.2) is 53.7 Å². The molecule has 0 aliphatic carbocycles. The number of hydrogen-bond acceptors (Lipinski definition) is 5. The van der Waals surface area contributed by atoms with E-state index in [1.54, 1.807) is 0 Å². The molecule has 0 fully saturated rings. The first-order chi connectivity index (χ1) is 14.6. The van der Waals surface area contributed by atoms with E-state index in [9.17, 15) is 4.79 Å². The van der Waals surface area contributed by atoms with Gasteiger partial charge in [0.25, 0.3) is 0 Å². The molecule has 0 bridgehead atoms. The Labute approximate surface area is 186 Å². The number of nitrogens with one attached hydrogen (secondary N) is 1. The Kier molecular flexibility index (Phi) is 8.16. The third-order valence-corrected chi connectivity index (χ3v) is 5.47. The summed E-state index contributed by atoms with van der Waals surface area (Å²) >= 11 is 7.54. The fourth-order valence-electron chi connectivity index (χ4n) is 2.85. The van der Waals surface area contributed by atoms with E-state index in [-0.39, 0.29) is 11.7 Å². The van der Waals surface area contributed by atoms with Gasteiger partial charge in [-0.05, 0) is 49.7 Å². The molecule has 3 rings (SSSR count). The van der Waals surface area contributed by atoms with E-state index in [1.807, 2.05) is 60.0 Å². The SMILES string of the molecule is CCCCNC(=O)CSc1nnc(-c2cccc(Cl)c2)n1-c1ccc(OCC)cc1. The Morgan fingerprint density at radius 3 is 2.67 bits per heavy atom. The van der Waals surface area contributed by atoms with Gasteiger partial charge in [-0.2, -0.15) is 0 Å². The van der Waals surface area contributed by atoms with Gasteiger partial charge in [0.05, 0.1) is 12.4 Å². The second-order valence-electron chi connectivity index (χ2n) is 6.57. The highest BCUT2D eigenvalue weighted by Crippen LogP contribution is 2.30. The van der Waals surface area contributed by atoms with Crippen LogP contribution in [0.4, 0.5) is 0 Å². The summed E-state index contributed by atoms with van der Waals surface area (Å²) < 4.78 is 7.48. The summed E-state index contributed by atoms with van der Waals surface area (Å²) in [6.45, 7) is 5.34. The van der Waals surface area contributed by atoms with Crippen molar-refractivity contribution in [2.45, 2.75) is 31.8 Å². The molecule has 0 aliphatic rings. The average Bonchev–Trinajstić information content (AvgIpc) is 3.17. The minimum absolute atomic E-state index is 0.0148. The first kappa shape index (κ1) is 22.2. The number of aromatic nitrogens is 3. The molecule has 1 aromatic heterocycles. The lowest BCUT2D eigenvalue weighted by Crippen LogP contribution is -2.26. The van der Waals surface area contributed by atoms with E-state index < -0.39 is 0 Å². The summed E-state index contributed by atoms with van der Waals surface area (Å²) in [5.74, 6) is 1.71. The van der Waals surface area contributed by atoms with Crippen LogP contribution >= 0.6 is 23.4 Å². The summed E-state index contributed by atoms with van der Waals surface area (Å²) in [5, 5.41) is 12.9. The van der Waals surface area contributed by atoms with E-state index in [1.165, 1.54) is 11.8 Å². The molecular weight excluding hydrogens is 420 g/mol. The van der Waals surface area contributed by atoms with Crippen LogP contribution in [0, 0.1) is 0 Å². The number of halogens is 1. The lowest BCUT2D eigenvalue weighted by atomic mass is 10.2. The minimum Gasteiger partial charge on any atom is -0.494 e. The molecule has 8 heteroatoms. The standard InChI is InChI=1S/C22H25ClN4O2S/c1-3-5-13-24-20(28)15-30-22-26-25-21(16-7-6-8-17(23)14-16)27(22)18-9-11-19(12-10-18)29-4-2/h6-12,14H,3-5,13,15H2,1-2H3,(H,24,28). The monoisotopic (exact) mass is 444 g/mol. The van der Waals surface area contributed by atoms with Crippen LogP contribution in [0.25, 0.3) is 17.1 Å². The Hall–Kier alpha value is -2.51. The van der Waals surface area contributed by atoms with Crippen molar-refractivity contribution in [2.75, 3.05) is 18.9 Å². The van der Waals surface area contributed by atoms with E-state index >= 15 is 0 Å². The predicted molar refractivity (Wildman–Crippen MR) is 122 cm³/mol. The number of ether oxygens (including phenoxy) is 1. The van der Waals surface area contributed by atoms with Crippen LogP contribution in [0.1, 0.15) is 26.7 Å². The van der Waals surface area contributed by atoms with E-state index in [4.69, 9.17) is 16.3 Å². The van der Waals surface area contributed by atoms with E-state index in [0.29, 0.717) is 29.2 Å². The number of carbonyl (C=O) groups is 1. The molecule has 30 heavy (non-hydrogen) atoms. The number of rotatable bonds is 10. The van der Waals surface area contributed by atoms with Crippen LogP contribution in [-0.4, -0.2) is 39.6 Å². The molecule has 0 atom stereocenters. The molecule has 0 spiro atoms. The molecule has 158 valence electrons. The molecule has 6 nitrogen and oxygen atoms in total. The molecule has 1 N–H and O–H groups in total. The van der Waals surface area contributed by atoms with Crippen molar-refractivity contribution in [2.24, 2.45) is 0 Å². The van der Waals surface area contributed by atoms with Crippen LogP contribution in [0.2, 0.25) is 5.02 Å². The Balaban J connectivity index is 1.90. The quantitative estimate of drug-likeness (QED) is 0.352. The molecule has 1 amide bonds. The zero-order valence-electron chi connectivity index (χ0n) is 17.1. The molecule has 1 heterocycles. The van der Waals surface area contributed by atoms with Crippen molar-refractivity contribution >= 4 is 29.3 Å². The molecular formula is C22H25ClN4O2S. The van der Waals surface area contributed by atoms with Gasteiger partial charge in [-0.1, -0.05) is 48.8 Å². The molecule has 0 radical (unpaired) electrons. The first-order valence-electron chi connectivity index (χ1n) is 9.96. The van der Waals surface area contributed by atoms with Gasteiger partial charge in [-0.3, -0.25) is 9.36 Å². The largest absolute Gasteiger partial charge is 0.494 e. The van der Waals surface area contributed by atoms with Crippen LogP contribution in [0.3, 0.4) is 0 Å². The third-order valence-electron chi connectivity index (χ3n) is 4.31. The summed E-state index contributed by atoms with van der Waals surface area (Å²) in [5.41, 5.74) is 1.73. The maximum absolute atomic E-state index is 12.2. The topological polar surface area (TPSA) is 69.0 Å². The number of nitrogens with zero attached hydrogens (tertiary/aromatic N) is 3. The van der Waals surface area contributed by atoms with Gasteiger partial charge in [0, 0.05) is 22.8 Å². The van der Waals surface area contributed by atoms with E-state index in [2.05, 4.69) is 22.4 Å². The van der Waals surface area contributed by atoms with Crippen molar-refractivity contribution < 1.29 is 9.53 Å². The number of carbonyl (C=O) groups excluding carboxylic acids is 1. The van der Waals surface area contributed by atoms with Crippen molar-refractivity contribution in [3.05, 3.63) is 53.6 Å². The molecule has 2 aromatic carbocycles. The fourth-order valence-corrected chi connectivity index (χ4v) is 3.83. The molecule has 0 saturated carbocycles. The lowest BCUT2D eigenvalue weighted by molar-refractivity contribution is -0.118. The Morgan fingerprint density at radius 1 is 1.17 bits per heavy atom. The highest BCUT2D eigenvalue weighted by Gasteiger charge is 2.17. The molecule has 0 aliphatic heterocycles. The fraction of sp³-hybridized carbons (Fsp3) is 0.318. The van der Waals surface area contributed by atoms with Gasteiger partial charge in [0.2, 0.25) is 5.91 Å². The van der Waals surface area contributed by atoms with Gasteiger partial charge in [0.15, 0.2) is 11.0 Å². The normalized spacial score (nSPS) is 10.8. The lowest BCUT2D eigenvalue weighted by Gasteiger charge is -2.12. The van der Waals surface area contributed by atoms with Crippen molar-refractivity contribution in [1.82, 2.24) is 20.1 Å². The third kappa shape index (κ3) is 5.77. The molecule has 0 saturated heterocycles. The number of thioether (sulfide) groups is 1. The van der Waals surface area contributed by atoms with Crippen LogP contribution < -0.4 is 10.1 Å². The smallest absolute Gasteiger partial charge is 0.230 e. The van der Waals surface area contributed by atoms with Crippen LogP contribution in [0.5, 0.6) is 5.75 Å². The number of hydrogen-bond donors (Lipinski definition) is 1. The summed E-state index contributed by atoms with van der Waals surface area (Å²) in [6.07, 6.45) is 2.01. The maximum Gasteiger partial charge on any atom is 0.230 e. The van der Waals surface area contributed by atoms with Crippen molar-refractivity contribution in [3.8, 4) is 22.8 Å². The predicted octanol–water partition coefficient (Wildman–Crippen LogP) is 4.99. The van der Waals surface area contributed by atoms with Gasteiger partial charge >= 0.3 is 0 Å². The first-order valence-corrected chi connectivity index (χ1v) is 11.3. The van der Waals surface area contributed by atoms with Gasteiger partial charge < -0.3 is 10.1 Å². The number of unbranched alkanes of at least 4 members (excludes halogenated alkanes) is 1. The number of benzene rings is 2. The van der Waals surface area contributed by atoms with Crippen molar-refractivity contribution in [3.63, 3.8) is 0 Å². The Morgan fingerprint density at radius 2 is 1.97 bits per heavy atom. The zero-order valence-corrected chi connectivity index (χ0v) is 18.7. The minimum atomic E-state index is -0.0148. The Bertz CT molecular complexity index is 976. The van der Waals surface area contributed by atoms with Gasteiger partial charge in [-0.25, -0.2) is 0 Å². The second kappa shape index (κ2) is 11.0. The highest BCUT2D eigenvalue weighted by atomic mass is 35.5. The van der Waals surface area contributed by atoms with Crippen molar-refractivity contribution in [1.29, 1.82) is 0 Å². The molecule has 3 aromatic rings. The van der Waals surface area contributed by atoms with E-state index in [0.717, 1.165) is 29.8 Å². The average molecular weight is 445 g/mol. The van der Waals surface area contributed by atoms with Gasteiger partial charge in [0.1, 0.15) is 5.75 Å². The van der Waals surface area contributed by atoms with Crippen LogP contribution in [-0.2, 0) is 4.79 Å². The molecule has 0 unspecified atom stereocenters. The number of amides is 1. The summed E-state index contributed by atoms with van der Waals surface area (Å²) in [6, 6.07) is 15.2. The summed E-state index contributed by atoms with van der Waals surface area (Å²) in [7, 11) is 0. The summed E-state index contributed by atoms with van der Waals surface area (Å²) in [4.78, 5) is 12.2. The highest BCUT2D eigenvalue weighted by molar-refractivity contribution is 7.99. The van der Waals surface area contributed by atoms with Gasteiger partial charge in [-0.15, -0.1) is 10.2 Å².